The van der Waals surface area contributed by atoms with Crippen molar-refractivity contribution >= 4 is 61.4 Å². The summed E-state index contributed by atoms with van der Waals surface area (Å²) in [6.07, 6.45) is 8.80. The minimum absolute atomic E-state index is 0.0244. The Balaban J connectivity index is 1.19. The smallest absolute Gasteiger partial charge is 0.333 e. The van der Waals surface area contributed by atoms with E-state index in [1.165, 1.54) is 30.9 Å². The van der Waals surface area contributed by atoms with Gasteiger partial charge in [0.25, 0.3) is 10.2 Å². The van der Waals surface area contributed by atoms with Crippen molar-refractivity contribution in [1.29, 1.82) is 0 Å². The molecule has 5 heterocycles. The zero-order valence-electron chi connectivity index (χ0n) is 37.9. The molecule has 3 aromatic rings. The number of carbonyl (C=O) groups excluding carboxylic acids is 3. The number of hydrogen-bond acceptors (Lipinski definition) is 12. The molecule has 0 radical (unpaired) electrons. The Hall–Kier alpha value is -5.05. The summed E-state index contributed by atoms with van der Waals surface area (Å²) < 4.78 is 41.5. The predicted octanol–water partition coefficient (Wildman–Crippen LogP) is 5.12. The van der Waals surface area contributed by atoms with Gasteiger partial charge >= 0.3 is 12.0 Å². The quantitative estimate of drug-likeness (QED) is 0.141. The van der Waals surface area contributed by atoms with Crippen LogP contribution in [0, 0.1) is 5.92 Å². The summed E-state index contributed by atoms with van der Waals surface area (Å²) in [7, 11) is -0.558. The second kappa shape index (κ2) is 20.6. The van der Waals surface area contributed by atoms with Crippen molar-refractivity contribution in [2.75, 3.05) is 45.7 Å². The molecule has 354 valence electrons. The van der Waals surface area contributed by atoms with Crippen molar-refractivity contribution in [1.82, 2.24) is 39.4 Å². The minimum atomic E-state index is -3.68. The van der Waals surface area contributed by atoms with Gasteiger partial charge in [-0.1, -0.05) is 38.3 Å². The predicted molar refractivity (Wildman–Crippen MR) is 248 cm³/mol. The van der Waals surface area contributed by atoms with Crippen molar-refractivity contribution < 1.29 is 42.2 Å². The Morgan fingerprint density at radius 2 is 1.85 bits per heavy atom. The summed E-state index contributed by atoms with van der Waals surface area (Å²) in [5.41, 5.74) is 0.0297. The zero-order chi connectivity index (χ0) is 46.5. The van der Waals surface area contributed by atoms with E-state index in [2.05, 4.69) is 21.3 Å². The van der Waals surface area contributed by atoms with Crippen LogP contribution in [-0.2, 0) is 24.6 Å². The van der Waals surface area contributed by atoms with E-state index in [4.69, 9.17) is 19.4 Å². The molecule has 7 rings (SSSR count). The van der Waals surface area contributed by atoms with Gasteiger partial charge in [-0.15, -0.1) is 11.3 Å². The monoisotopic (exact) mass is 937 g/mol. The number of hydrogen-bond donors (Lipinski definition) is 5. The molecule has 20 heteroatoms. The number of amides is 4. The average Bonchev–Trinajstić information content (AvgIpc) is 3.90. The van der Waals surface area contributed by atoms with Crippen molar-refractivity contribution in [3.8, 4) is 22.9 Å². The Morgan fingerprint density at radius 3 is 2.55 bits per heavy atom. The van der Waals surface area contributed by atoms with Gasteiger partial charge in [-0.25, -0.2) is 19.6 Å². The van der Waals surface area contributed by atoms with Gasteiger partial charge in [-0.3, -0.25) is 9.59 Å². The van der Waals surface area contributed by atoms with Gasteiger partial charge < -0.3 is 40.7 Å². The van der Waals surface area contributed by atoms with Gasteiger partial charge in [-0.05, 0) is 76.8 Å². The van der Waals surface area contributed by atoms with E-state index in [-0.39, 0.29) is 44.3 Å². The number of rotatable bonds is 13. The highest BCUT2D eigenvalue weighted by Gasteiger charge is 2.47. The van der Waals surface area contributed by atoms with Gasteiger partial charge in [-0.2, -0.15) is 17.0 Å². The van der Waals surface area contributed by atoms with Crippen molar-refractivity contribution in [2.45, 2.75) is 127 Å². The first-order valence-corrected chi connectivity index (χ1v) is 25.1. The first-order valence-electron chi connectivity index (χ1n) is 22.8. The number of anilines is 1. The number of thiazole rings is 1. The molecule has 3 fully saturated rings. The summed E-state index contributed by atoms with van der Waals surface area (Å²) in [6, 6.07) is 4.10. The molecule has 3 aliphatic heterocycles. The molecule has 5 atom stereocenters. The van der Waals surface area contributed by atoms with Crippen LogP contribution in [0.2, 0.25) is 0 Å². The molecular weight excluding hydrogens is 875 g/mol. The van der Waals surface area contributed by atoms with E-state index < -0.39 is 63.8 Å². The molecule has 1 aliphatic carbocycles. The summed E-state index contributed by atoms with van der Waals surface area (Å²) in [4.78, 5) is 67.4. The van der Waals surface area contributed by atoms with Crippen LogP contribution in [-0.4, -0.2) is 137 Å². The Bertz CT molecular complexity index is 2360. The Morgan fingerprint density at radius 1 is 1.05 bits per heavy atom. The van der Waals surface area contributed by atoms with E-state index in [0.717, 1.165) is 24.4 Å². The number of nitrogens with one attached hydrogen (secondary N) is 4. The number of methoxy groups -OCH3 is 1. The van der Waals surface area contributed by atoms with Crippen molar-refractivity contribution in [2.24, 2.45) is 5.92 Å². The molecule has 1 unspecified atom stereocenters. The Labute approximate surface area is 385 Å². The number of nitrogens with zero attached hydrogens (tertiary/aromatic N) is 5. The number of carbonyl (C=O) groups is 4. The number of urea groups is 1. The van der Waals surface area contributed by atoms with Gasteiger partial charge in [0.1, 0.15) is 35.4 Å². The van der Waals surface area contributed by atoms with Gasteiger partial charge in [0, 0.05) is 68.1 Å². The number of aliphatic carboxylic acids is 1. The highest BCUT2D eigenvalue weighted by atomic mass is 32.2. The molecule has 4 aliphatic rings. The van der Waals surface area contributed by atoms with Gasteiger partial charge in [0.05, 0.1) is 24.9 Å². The molecule has 5 N–H and O–H groups in total. The van der Waals surface area contributed by atoms with E-state index in [9.17, 15) is 32.7 Å². The number of pyridine rings is 1. The molecule has 0 bridgehead atoms. The number of allylic oxidation sites excluding steroid dienone is 1. The highest BCUT2D eigenvalue weighted by Crippen LogP contribution is 2.36. The fourth-order valence-corrected chi connectivity index (χ4v) is 11.3. The van der Waals surface area contributed by atoms with Crippen LogP contribution in [0.3, 0.4) is 0 Å². The lowest BCUT2D eigenvalue weighted by Crippen LogP contribution is -2.61. The normalized spacial score (nSPS) is 25.8. The third-order valence-electron chi connectivity index (χ3n) is 13.0. The number of carboxylic acid groups (broad SMARTS) is 1. The fraction of sp³-hybridized carbons (Fsp3) is 0.600. The van der Waals surface area contributed by atoms with Crippen molar-refractivity contribution in [3.63, 3.8) is 0 Å². The van der Waals surface area contributed by atoms with Crippen LogP contribution < -0.4 is 30.7 Å². The molecule has 18 nitrogen and oxygen atoms in total. The minimum Gasteiger partial charge on any atom is -0.497 e. The van der Waals surface area contributed by atoms with Crippen LogP contribution in [0.5, 0.6) is 11.5 Å². The van der Waals surface area contributed by atoms with Gasteiger partial charge in [0.2, 0.25) is 11.8 Å². The maximum Gasteiger partial charge on any atom is 0.333 e. The molecule has 1 saturated carbocycles. The molecule has 2 saturated heterocycles. The second-order valence-corrected chi connectivity index (χ2v) is 20.8. The van der Waals surface area contributed by atoms with Crippen molar-refractivity contribution in [3.05, 3.63) is 41.8 Å². The summed E-state index contributed by atoms with van der Waals surface area (Å²) in [5.74, 6) is -1.28. The lowest BCUT2D eigenvalue weighted by Gasteiger charge is -2.40. The zero-order valence-corrected chi connectivity index (χ0v) is 39.5. The van der Waals surface area contributed by atoms with E-state index in [0.29, 0.717) is 79.0 Å². The first-order chi connectivity index (χ1) is 31.1. The third-order valence-corrected chi connectivity index (χ3v) is 15.7. The number of fused-ring (bicyclic) bond motifs is 2. The summed E-state index contributed by atoms with van der Waals surface area (Å²) in [5, 5.41) is 25.9. The van der Waals surface area contributed by atoms with E-state index >= 15 is 0 Å². The standard InChI is InChI=1S/C45H63N9O9S2/c1-6-45(42(57)58)19-11-9-7-8-10-16-33(48-43(59)49-36(29-14-12-15-29)26-53-21-13-20-52(4)65(53,60)61)41(56)54-25-31(23-38(54)40(55)51-45)63-39-24-35(37-27-64-44(50-37)46-28(2)3)47-34-22-30(62-5)17-18-32(34)39/h11,17-19,22,24,27-29,31,33,36,38H,6-10,12-16,20-21,23,25-26H2,1-5H3,(H,46,50)(H,51,55)(H,57,58)(H2,48,49,59)/b19-11-/t31-,33+,36?,38+,45-/m1/s1. The molecule has 65 heavy (non-hydrogen) atoms. The first kappa shape index (κ1) is 47.9. The van der Waals surface area contributed by atoms with E-state index in [1.54, 1.807) is 45.4 Å². The number of benzene rings is 1. The van der Waals surface area contributed by atoms with Crippen LogP contribution in [0.4, 0.5) is 9.93 Å². The SMILES string of the molecule is CC[C@]1(C(=O)O)/C=C\CCCCC[C@H](NC(=O)NC(CN2CCCN(C)S2(=O)=O)C2CCC2)C(=O)N2C[C@H](Oc3cc(-c4csc(NC(C)C)n4)nc4cc(OC)ccc34)C[C@H]2C(=O)N1. The largest absolute Gasteiger partial charge is 0.497 e. The Kier molecular flexibility index (Phi) is 15.2. The number of aromatic nitrogens is 2. The maximum absolute atomic E-state index is 15.0. The van der Waals surface area contributed by atoms with Crippen LogP contribution in [0.1, 0.15) is 91.4 Å². The number of ether oxygens (including phenoxy) is 2. The van der Waals surface area contributed by atoms with Crippen LogP contribution >= 0.6 is 11.3 Å². The molecule has 0 spiro atoms. The van der Waals surface area contributed by atoms with Crippen LogP contribution in [0.25, 0.3) is 22.3 Å². The molecular formula is C45H63N9O9S2. The number of carboxylic acids is 1. The van der Waals surface area contributed by atoms with E-state index in [1.807, 2.05) is 25.3 Å². The third kappa shape index (κ3) is 11.0. The lowest BCUT2D eigenvalue weighted by molar-refractivity contribution is -0.147. The lowest BCUT2D eigenvalue weighted by atomic mass is 9.79. The maximum atomic E-state index is 15.0. The second-order valence-electron chi connectivity index (χ2n) is 17.9. The van der Waals surface area contributed by atoms with Crippen LogP contribution in [0.15, 0.2) is 41.8 Å². The molecule has 1 aromatic carbocycles. The van der Waals surface area contributed by atoms with Gasteiger partial charge in [0.15, 0.2) is 10.7 Å². The summed E-state index contributed by atoms with van der Waals surface area (Å²) in [6.45, 7) is 6.59. The topological polar surface area (TPSA) is 225 Å². The molecule has 4 amide bonds. The fourth-order valence-electron chi connectivity index (χ4n) is 8.97. The average molecular weight is 938 g/mol. The molecule has 2 aromatic heterocycles. The summed E-state index contributed by atoms with van der Waals surface area (Å²) >= 11 is 1.45. The highest BCUT2D eigenvalue weighted by molar-refractivity contribution is 7.86.